The van der Waals surface area contributed by atoms with Crippen molar-refractivity contribution in [3.63, 3.8) is 0 Å². The van der Waals surface area contributed by atoms with Crippen LogP contribution in [0.3, 0.4) is 0 Å². The first-order valence-electron chi connectivity index (χ1n) is 7.04. The average molecular weight is 289 g/mol. The van der Waals surface area contributed by atoms with Gasteiger partial charge in [-0.25, -0.2) is 4.57 Å². The molecular weight excluding hydrogens is 278 g/mol. The second-order valence-electron chi connectivity index (χ2n) is 5.26. The zero-order valence-electron chi connectivity index (χ0n) is 11.8. The molecule has 0 amide bonds. The fourth-order valence-electron chi connectivity index (χ4n) is 3.01. The summed E-state index contributed by atoms with van der Waals surface area (Å²) in [7, 11) is 0. The van der Waals surface area contributed by atoms with Gasteiger partial charge in [-0.15, -0.1) is 0 Å². The largest absolute Gasteiger partial charge is 0.439 e. The third-order valence-corrected chi connectivity index (χ3v) is 3.90. The van der Waals surface area contributed by atoms with E-state index in [0.29, 0.717) is 11.8 Å². The topological polar surface area (TPSA) is 57.0 Å². The minimum absolute atomic E-state index is 0.419. The molecule has 5 heteroatoms. The second kappa shape index (κ2) is 3.98. The molecule has 0 spiro atoms. The molecule has 0 unspecified atom stereocenters. The molecule has 0 saturated carbocycles. The lowest BCUT2D eigenvalue weighted by Gasteiger charge is -1.98. The van der Waals surface area contributed by atoms with E-state index >= 15 is 0 Å². The van der Waals surface area contributed by atoms with Crippen molar-refractivity contribution in [3.8, 4) is 6.01 Å². The van der Waals surface area contributed by atoms with Gasteiger partial charge in [-0.3, -0.25) is 0 Å². The quantitative estimate of drug-likeness (QED) is 0.463. The van der Waals surface area contributed by atoms with Gasteiger partial charge < -0.3 is 8.94 Å². The lowest BCUT2D eigenvalue weighted by Crippen LogP contribution is -1.93. The SMILES string of the molecule is Cc1noc(-n2c3ccccc3c3c4ccccc4oc32)n1. The van der Waals surface area contributed by atoms with Crippen molar-refractivity contribution in [2.24, 2.45) is 0 Å². The summed E-state index contributed by atoms with van der Waals surface area (Å²) in [6, 6.07) is 16.6. The molecule has 2 aromatic carbocycles. The Morgan fingerprint density at radius 2 is 1.73 bits per heavy atom. The number of fused-ring (bicyclic) bond motifs is 5. The maximum atomic E-state index is 6.07. The van der Waals surface area contributed by atoms with Crippen molar-refractivity contribution in [3.05, 3.63) is 54.4 Å². The smallest absolute Gasteiger partial charge is 0.335 e. The van der Waals surface area contributed by atoms with Gasteiger partial charge in [0.05, 0.1) is 10.9 Å². The van der Waals surface area contributed by atoms with Gasteiger partial charge in [0.2, 0.25) is 5.71 Å². The molecule has 0 atom stereocenters. The highest BCUT2D eigenvalue weighted by Crippen LogP contribution is 2.38. The third kappa shape index (κ3) is 1.37. The Morgan fingerprint density at radius 3 is 2.55 bits per heavy atom. The summed E-state index contributed by atoms with van der Waals surface area (Å²) in [5, 5.41) is 7.16. The Hall–Kier alpha value is -3.08. The van der Waals surface area contributed by atoms with Crippen molar-refractivity contribution < 1.29 is 8.94 Å². The number of rotatable bonds is 1. The zero-order chi connectivity index (χ0) is 14.7. The summed E-state index contributed by atoms with van der Waals surface area (Å²) in [5.74, 6) is 0.594. The molecule has 5 aromatic rings. The van der Waals surface area contributed by atoms with Crippen LogP contribution in [-0.2, 0) is 0 Å². The van der Waals surface area contributed by atoms with Crippen molar-refractivity contribution in [2.45, 2.75) is 6.92 Å². The van der Waals surface area contributed by atoms with Crippen LogP contribution in [0, 0.1) is 6.92 Å². The van der Waals surface area contributed by atoms with Crippen LogP contribution in [0.2, 0.25) is 0 Å². The third-order valence-electron chi connectivity index (χ3n) is 3.90. The highest BCUT2D eigenvalue weighted by molar-refractivity contribution is 6.19. The number of hydrogen-bond donors (Lipinski definition) is 0. The molecule has 0 aliphatic carbocycles. The molecule has 0 N–H and O–H groups in total. The predicted octanol–water partition coefficient (Wildman–Crippen LogP) is 4.22. The summed E-state index contributed by atoms with van der Waals surface area (Å²) >= 11 is 0. The van der Waals surface area contributed by atoms with Gasteiger partial charge in [-0.2, -0.15) is 4.98 Å². The van der Waals surface area contributed by atoms with E-state index < -0.39 is 0 Å². The molecule has 3 aromatic heterocycles. The molecule has 5 nitrogen and oxygen atoms in total. The van der Waals surface area contributed by atoms with Crippen molar-refractivity contribution >= 4 is 33.0 Å². The molecule has 0 fully saturated rings. The molecular formula is C17H11N3O2. The molecule has 0 saturated heterocycles. The zero-order valence-corrected chi connectivity index (χ0v) is 11.8. The van der Waals surface area contributed by atoms with E-state index in [1.807, 2.05) is 41.0 Å². The van der Waals surface area contributed by atoms with Gasteiger partial charge in [0.15, 0.2) is 5.82 Å². The minimum Gasteiger partial charge on any atom is -0.439 e. The van der Waals surface area contributed by atoms with Gasteiger partial charge in [-0.1, -0.05) is 41.6 Å². The number of furan rings is 1. The van der Waals surface area contributed by atoms with Crippen LogP contribution in [0.25, 0.3) is 39.0 Å². The monoisotopic (exact) mass is 289 g/mol. The Bertz CT molecular complexity index is 1150. The summed E-state index contributed by atoms with van der Waals surface area (Å²) in [6.07, 6.45) is 0. The summed E-state index contributed by atoms with van der Waals surface area (Å²) < 4.78 is 13.3. The Balaban J connectivity index is 2.06. The molecule has 0 aliphatic rings. The standard InChI is InChI=1S/C17H11N3O2/c1-10-18-17(22-19-10)20-13-8-4-2-6-11(13)15-12-7-3-5-9-14(12)21-16(15)20/h2-9H,1H3. The molecule has 0 bridgehead atoms. The second-order valence-corrected chi connectivity index (χ2v) is 5.26. The fraction of sp³-hybridized carbons (Fsp3) is 0.0588. The van der Waals surface area contributed by atoms with Gasteiger partial charge >= 0.3 is 6.01 Å². The maximum Gasteiger partial charge on any atom is 0.335 e. The number of nitrogens with zero attached hydrogens (tertiary/aromatic N) is 3. The van der Waals surface area contributed by atoms with Crippen LogP contribution in [0.1, 0.15) is 5.82 Å². The number of aryl methyl sites for hydroxylation is 1. The van der Waals surface area contributed by atoms with E-state index in [-0.39, 0.29) is 0 Å². The molecule has 5 rings (SSSR count). The normalized spacial score (nSPS) is 11.9. The Labute approximate surface area is 124 Å². The fourth-order valence-corrected chi connectivity index (χ4v) is 3.01. The summed E-state index contributed by atoms with van der Waals surface area (Å²) in [6.45, 7) is 1.80. The highest BCUT2D eigenvalue weighted by atomic mass is 16.5. The van der Waals surface area contributed by atoms with Crippen molar-refractivity contribution in [2.75, 3.05) is 0 Å². The van der Waals surface area contributed by atoms with E-state index in [1.165, 1.54) is 0 Å². The van der Waals surface area contributed by atoms with Crippen molar-refractivity contribution in [1.82, 2.24) is 14.7 Å². The Morgan fingerprint density at radius 1 is 0.955 bits per heavy atom. The molecule has 0 aliphatic heterocycles. The first kappa shape index (κ1) is 11.6. The number of para-hydroxylation sites is 2. The first-order chi connectivity index (χ1) is 10.8. The molecule has 0 radical (unpaired) electrons. The summed E-state index contributed by atoms with van der Waals surface area (Å²) in [4.78, 5) is 4.35. The highest BCUT2D eigenvalue weighted by Gasteiger charge is 2.21. The number of hydrogen-bond acceptors (Lipinski definition) is 4. The van der Waals surface area contributed by atoms with E-state index in [9.17, 15) is 0 Å². The first-order valence-corrected chi connectivity index (χ1v) is 7.04. The maximum absolute atomic E-state index is 6.07. The van der Waals surface area contributed by atoms with Crippen LogP contribution in [0.5, 0.6) is 0 Å². The Kier molecular flexibility index (Phi) is 2.09. The van der Waals surface area contributed by atoms with Gasteiger partial charge in [-0.05, 0) is 19.1 Å². The lowest BCUT2D eigenvalue weighted by molar-refractivity contribution is 0.400. The number of benzene rings is 2. The predicted molar refractivity (Wildman–Crippen MR) is 83.1 cm³/mol. The van der Waals surface area contributed by atoms with Crippen LogP contribution >= 0.6 is 0 Å². The van der Waals surface area contributed by atoms with Crippen LogP contribution < -0.4 is 0 Å². The van der Waals surface area contributed by atoms with Gasteiger partial charge in [0.1, 0.15) is 5.58 Å². The van der Waals surface area contributed by atoms with Crippen LogP contribution in [0.15, 0.2) is 57.5 Å². The average Bonchev–Trinajstić information content (AvgIpc) is 3.19. The molecule has 3 heterocycles. The molecule has 106 valence electrons. The van der Waals surface area contributed by atoms with Gasteiger partial charge in [0.25, 0.3) is 0 Å². The van der Waals surface area contributed by atoms with E-state index in [1.54, 1.807) is 6.92 Å². The molecule has 22 heavy (non-hydrogen) atoms. The van der Waals surface area contributed by atoms with Crippen LogP contribution in [-0.4, -0.2) is 14.7 Å². The lowest BCUT2D eigenvalue weighted by atomic mass is 10.1. The minimum atomic E-state index is 0.419. The number of aromatic nitrogens is 3. The van der Waals surface area contributed by atoms with Gasteiger partial charge in [0, 0.05) is 10.8 Å². The van der Waals surface area contributed by atoms with E-state index in [4.69, 9.17) is 8.94 Å². The van der Waals surface area contributed by atoms with Crippen molar-refractivity contribution in [1.29, 1.82) is 0 Å². The van der Waals surface area contributed by atoms with Crippen LogP contribution in [0.4, 0.5) is 0 Å². The van der Waals surface area contributed by atoms with E-state index in [0.717, 1.165) is 33.0 Å². The summed E-state index contributed by atoms with van der Waals surface area (Å²) in [5.41, 5.74) is 2.57. The van der Waals surface area contributed by atoms with E-state index in [2.05, 4.69) is 22.3 Å².